The summed E-state index contributed by atoms with van der Waals surface area (Å²) in [6.45, 7) is 3.17. The van der Waals surface area contributed by atoms with Crippen LogP contribution in [-0.2, 0) is 37.8 Å². The maximum atomic E-state index is 12.3. The Morgan fingerprint density at radius 2 is 2.00 bits per heavy atom. The number of nitrogens with one attached hydrogen (secondary N) is 1. The average Bonchev–Trinajstić information content (AvgIpc) is 3.28. The van der Waals surface area contributed by atoms with E-state index in [-0.39, 0.29) is 23.6 Å². The number of ether oxygens (including phenoxy) is 1. The molecule has 11 nitrogen and oxygen atoms in total. The number of amides is 1. The van der Waals surface area contributed by atoms with Crippen molar-refractivity contribution in [3.8, 4) is 0 Å². The number of sulfonamides is 1. The molecule has 0 aliphatic rings. The van der Waals surface area contributed by atoms with Gasteiger partial charge in [0.05, 0.1) is 28.0 Å². The fourth-order valence-corrected chi connectivity index (χ4v) is 3.92. The van der Waals surface area contributed by atoms with E-state index in [0.717, 1.165) is 9.82 Å². The lowest BCUT2D eigenvalue weighted by Gasteiger charge is -2.12. The number of hydrogen-bond donors (Lipinski definition) is 1. The molecule has 32 heavy (non-hydrogen) atoms. The van der Waals surface area contributed by atoms with Crippen LogP contribution in [0.1, 0.15) is 24.9 Å². The predicted octanol–water partition coefficient (Wildman–Crippen LogP) is 1.62. The predicted molar refractivity (Wildman–Crippen MR) is 115 cm³/mol. The quantitative estimate of drug-likeness (QED) is 0.498. The first kappa shape index (κ1) is 23.4. The van der Waals surface area contributed by atoms with Crippen molar-refractivity contribution in [3.05, 3.63) is 35.8 Å². The van der Waals surface area contributed by atoms with Crippen LogP contribution < -0.4 is 5.32 Å². The molecule has 2 heterocycles. The number of imidazole rings is 1. The van der Waals surface area contributed by atoms with E-state index in [1.807, 2.05) is 0 Å². The second-order valence-corrected chi connectivity index (χ2v) is 9.63. The first-order chi connectivity index (χ1) is 15.0. The van der Waals surface area contributed by atoms with Crippen LogP contribution in [0.15, 0.2) is 33.7 Å². The minimum absolute atomic E-state index is 0.000941. The number of aromatic nitrogens is 3. The fourth-order valence-electron chi connectivity index (χ4n) is 2.99. The summed E-state index contributed by atoms with van der Waals surface area (Å²) >= 11 is 0. The van der Waals surface area contributed by atoms with Crippen molar-refractivity contribution >= 4 is 38.8 Å². The van der Waals surface area contributed by atoms with Crippen LogP contribution in [0.2, 0.25) is 0 Å². The molecule has 3 aromatic rings. The van der Waals surface area contributed by atoms with E-state index in [2.05, 4.69) is 15.5 Å². The molecule has 12 heteroatoms. The number of carbonyl (C=O) groups excluding carboxylic acids is 2. The topological polar surface area (TPSA) is 137 Å². The van der Waals surface area contributed by atoms with E-state index < -0.39 is 28.0 Å². The first-order valence-electron chi connectivity index (χ1n) is 9.80. The highest BCUT2D eigenvalue weighted by molar-refractivity contribution is 7.89. The highest BCUT2D eigenvalue weighted by Gasteiger charge is 2.21. The van der Waals surface area contributed by atoms with Gasteiger partial charge >= 0.3 is 5.97 Å². The Kier molecular flexibility index (Phi) is 6.65. The molecule has 1 aromatic carbocycles. The molecule has 0 saturated heterocycles. The van der Waals surface area contributed by atoms with Gasteiger partial charge in [-0.1, -0.05) is 5.16 Å². The summed E-state index contributed by atoms with van der Waals surface area (Å²) in [6, 6.07) is 6.25. The minimum Gasteiger partial charge on any atom is -0.453 e. The van der Waals surface area contributed by atoms with Gasteiger partial charge in [-0.15, -0.1) is 0 Å². The molecule has 0 aliphatic heterocycles. The van der Waals surface area contributed by atoms with Crippen molar-refractivity contribution < 1.29 is 27.3 Å². The zero-order chi connectivity index (χ0) is 23.6. The van der Waals surface area contributed by atoms with Gasteiger partial charge in [-0.05, 0) is 32.0 Å². The van der Waals surface area contributed by atoms with Gasteiger partial charge in [0.25, 0.3) is 5.91 Å². The molecule has 1 amide bonds. The summed E-state index contributed by atoms with van der Waals surface area (Å²) in [5.74, 6) is -0.340. The summed E-state index contributed by atoms with van der Waals surface area (Å²) in [6.07, 6.45) is -0.763. The zero-order valence-corrected chi connectivity index (χ0v) is 19.3. The molecule has 0 fully saturated rings. The molecule has 0 radical (unpaired) electrons. The van der Waals surface area contributed by atoms with Crippen LogP contribution >= 0.6 is 0 Å². The number of aryl methyl sites for hydroxylation is 3. The van der Waals surface area contributed by atoms with Crippen molar-refractivity contribution in [2.45, 2.75) is 37.7 Å². The van der Waals surface area contributed by atoms with E-state index in [1.165, 1.54) is 33.2 Å². The first-order valence-corrected chi connectivity index (χ1v) is 11.2. The number of rotatable bonds is 8. The van der Waals surface area contributed by atoms with Crippen molar-refractivity contribution in [2.75, 3.05) is 19.4 Å². The molecule has 172 valence electrons. The lowest BCUT2D eigenvalue weighted by atomic mass is 10.3. The zero-order valence-electron chi connectivity index (χ0n) is 18.4. The van der Waals surface area contributed by atoms with Gasteiger partial charge in [-0.3, -0.25) is 14.9 Å². The molecule has 0 spiro atoms. The Labute approximate surface area is 185 Å². The normalized spacial score (nSPS) is 12.8. The standard InChI is InChI=1S/C20H25N5O6S/c1-12-10-18(31-23-12)22-20(27)13(2)30-19(26)9-8-17-21-15-11-14(32(28,29)24(3)4)6-7-16(15)25(17)5/h6-7,10-11,13H,8-9H2,1-5H3,(H,22,27). The maximum Gasteiger partial charge on any atom is 0.307 e. The molecule has 1 N–H and O–H groups in total. The molecule has 3 rings (SSSR count). The SMILES string of the molecule is Cc1cc(NC(=O)C(C)OC(=O)CCc2nc3cc(S(=O)(=O)N(C)C)ccc3n2C)on1. The monoisotopic (exact) mass is 463 g/mol. The molecule has 1 atom stereocenters. The van der Waals surface area contributed by atoms with E-state index in [0.29, 0.717) is 17.0 Å². The largest absolute Gasteiger partial charge is 0.453 e. The number of fused-ring (bicyclic) bond motifs is 1. The van der Waals surface area contributed by atoms with Crippen LogP contribution in [-0.4, -0.2) is 59.5 Å². The summed E-state index contributed by atoms with van der Waals surface area (Å²) in [5, 5.41) is 6.14. The van der Waals surface area contributed by atoms with Crippen molar-refractivity contribution in [3.63, 3.8) is 0 Å². The Hall–Kier alpha value is -3.25. The second-order valence-electron chi connectivity index (χ2n) is 7.48. The van der Waals surface area contributed by atoms with E-state index in [1.54, 1.807) is 30.7 Å². The summed E-state index contributed by atoms with van der Waals surface area (Å²) in [7, 11) is 1.13. The van der Waals surface area contributed by atoms with Gasteiger partial charge in [0.1, 0.15) is 5.82 Å². The van der Waals surface area contributed by atoms with Crippen LogP contribution in [0.3, 0.4) is 0 Å². The fraction of sp³-hybridized carbons (Fsp3) is 0.400. The van der Waals surface area contributed by atoms with Gasteiger partial charge in [0.15, 0.2) is 6.10 Å². The Bertz CT molecular complexity index is 1260. The lowest BCUT2D eigenvalue weighted by Crippen LogP contribution is -2.30. The van der Waals surface area contributed by atoms with Crippen LogP contribution in [0.4, 0.5) is 5.88 Å². The lowest BCUT2D eigenvalue weighted by molar-refractivity contribution is -0.153. The molecule has 2 aromatic heterocycles. The van der Waals surface area contributed by atoms with Crippen molar-refractivity contribution in [1.29, 1.82) is 0 Å². The number of nitrogens with zero attached hydrogens (tertiary/aromatic N) is 4. The number of anilines is 1. The summed E-state index contributed by atoms with van der Waals surface area (Å²) in [4.78, 5) is 28.9. The minimum atomic E-state index is -3.58. The smallest absolute Gasteiger partial charge is 0.307 e. The number of hydrogen-bond acceptors (Lipinski definition) is 8. The molecular formula is C20H25N5O6S. The summed E-state index contributed by atoms with van der Waals surface area (Å²) < 4.78 is 37.7. The van der Waals surface area contributed by atoms with Crippen LogP contribution in [0, 0.1) is 6.92 Å². The van der Waals surface area contributed by atoms with E-state index in [4.69, 9.17) is 9.26 Å². The molecule has 0 bridgehead atoms. The average molecular weight is 464 g/mol. The Morgan fingerprint density at radius 3 is 2.62 bits per heavy atom. The third-order valence-electron chi connectivity index (χ3n) is 4.83. The van der Waals surface area contributed by atoms with Crippen molar-refractivity contribution in [2.24, 2.45) is 7.05 Å². The van der Waals surface area contributed by atoms with Gasteiger partial charge in [-0.2, -0.15) is 0 Å². The highest BCUT2D eigenvalue weighted by Crippen LogP contribution is 2.22. The van der Waals surface area contributed by atoms with E-state index >= 15 is 0 Å². The van der Waals surface area contributed by atoms with Gasteiger partial charge in [0.2, 0.25) is 15.9 Å². The van der Waals surface area contributed by atoms with Crippen LogP contribution in [0.5, 0.6) is 0 Å². The number of benzene rings is 1. The number of carbonyl (C=O) groups is 2. The van der Waals surface area contributed by atoms with Gasteiger partial charge in [-0.25, -0.2) is 17.7 Å². The summed E-state index contributed by atoms with van der Waals surface area (Å²) in [5.41, 5.74) is 1.86. The van der Waals surface area contributed by atoms with Crippen LogP contribution in [0.25, 0.3) is 11.0 Å². The molecule has 1 unspecified atom stereocenters. The van der Waals surface area contributed by atoms with Crippen molar-refractivity contribution in [1.82, 2.24) is 19.0 Å². The number of esters is 1. The third kappa shape index (κ3) is 4.97. The van der Waals surface area contributed by atoms with E-state index in [9.17, 15) is 18.0 Å². The van der Waals surface area contributed by atoms with Gasteiger partial charge < -0.3 is 13.8 Å². The van der Waals surface area contributed by atoms with Gasteiger partial charge in [0, 0.05) is 33.6 Å². The highest BCUT2D eigenvalue weighted by atomic mass is 32.2. The molecular weight excluding hydrogens is 438 g/mol. The molecule has 0 aliphatic carbocycles. The Morgan fingerprint density at radius 1 is 1.28 bits per heavy atom. The molecule has 0 saturated carbocycles. The Balaban J connectivity index is 1.63. The maximum absolute atomic E-state index is 12.3. The second kappa shape index (κ2) is 9.09. The third-order valence-corrected chi connectivity index (χ3v) is 6.64.